The molecule has 212 valence electrons. The zero-order chi connectivity index (χ0) is 28.2. The lowest BCUT2D eigenvalue weighted by Gasteiger charge is -2.43. The third-order valence-corrected chi connectivity index (χ3v) is 11.9. The number of imide groups is 1. The molecule has 41 heavy (non-hydrogen) atoms. The highest BCUT2D eigenvalue weighted by Gasteiger charge is 2.69. The number of aromatic amines is 1. The van der Waals surface area contributed by atoms with Crippen LogP contribution in [0.3, 0.4) is 0 Å². The maximum absolute atomic E-state index is 13.7. The quantitative estimate of drug-likeness (QED) is 0.255. The first-order chi connectivity index (χ1) is 19.9. The molecule has 2 saturated carbocycles. The van der Waals surface area contributed by atoms with Crippen LogP contribution in [0.1, 0.15) is 48.5 Å². The van der Waals surface area contributed by atoms with Crippen molar-refractivity contribution in [2.24, 2.45) is 29.6 Å². The van der Waals surface area contributed by atoms with Crippen molar-refractivity contribution in [2.75, 3.05) is 6.54 Å². The SMILES string of the molecule is O=C(O)CCCCCN1C(=O)C2C3CC(C2C1=O)C1C(c2cccc(Oc4ccccc4)c2)c2sc(=O)[nH]c2SC31. The number of carbonyl (C=O) groups excluding carboxylic acids is 2. The van der Waals surface area contributed by atoms with Crippen LogP contribution in [0.2, 0.25) is 0 Å². The van der Waals surface area contributed by atoms with E-state index in [0.29, 0.717) is 25.8 Å². The number of rotatable bonds is 9. The number of aliphatic carboxylic acids is 1. The first-order valence-electron chi connectivity index (χ1n) is 14.2. The van der Waals surface area contributed by atoms with Crippen LogP contribution in [0.25, 0.3) is 0 Å². The summed E-state index contributed by atoms with van der Waals surface area (Å²) in [5.41, 5.74) is 1.06. The molecule has 10 heteroatoms. The summed E-state index contributed by atoms with van der Waals surface area (Å²) in [7, 11) is 0. The number of carbonyl (C=O) groups is 3. The van der Waals surface area contributed by atoms with E-state index in [1.807, 2.05) is 48.5 Å². The van der Waals surface area contributed by atoms with Gasteiger partial charge in [-0.1, -0.05) is 48.1 Å². The van der Waals surface area contributed by atoms with Crippen molar-refractivity contribution in [2.45, 2.75) is 48.3 Å². The van der Waals surface area contributed by atoms with Crippen molar-refractivity contribution >= 4 is 40.9 Å². The molecule has 3 heterocycles. The van der Waals surface area contributed by atoms with Gasteiger partial charge < -0.3 is 14.8 Å². The number of benzene rings is 2. The molecule has 7 atom stereocenters. The number of carboxylic acids is 1. The van der Waals surface area contributed by atoms with Gasteiger partial charge >= 0.3 is 10.8 Å². The van der Waals surface area contributed by atoms with Crippen LogP contribution in [0, 0.1) is 29.6 Å². The summed E-state index contributed by atoms with van der Waals surface area (Å²) in [6.07, 6.45) is 2.78. The fraction of sp³-hybridized carbons (Fsp3) is 0.419. The predicted octanol–water partition coefficient (Wildman–Crippen LogP) is 5.35. The molecule has 7 rings (SSSR count). The van der Waals surface area contributed by atoms with Crippen molar-refractivity contribution in [3.8, 4) is 11.5 Å². The third kappa shape index (κ3) is 4.52. The van der Waals surface area contributed by atoms with E-state index in [1.54, 1.807) is 11.8 Å². The highest BCUT2D eigenvalue weighted by atomic mass is 32.2. The largest absolute Gasteiger partial charge is 0.481 e. The summed E-state index contributed by atoms with van der Waals surface area (Å²) < 4.78 is 6.15. The number of hydrogen-bond acceptors (Lipinski definition) is 7. The maximum atomic E-state index is 13.7. The minimum atomic E-state index is -0.828. The Bertz CT molecular complexity index is 1570. The Labute approximate surface area is 245 Å². The van der Waals surface area contributed by atoms with Gasteiger partial charge in [0.1, 0.15) is 11.5 Å². The second-order valence-corrected chi connectivity index (χ2v) is 13.7. The first-order valence-corrected chi connectivity index (χ1v) is 15.9. The summed E-state index contributed by atoms with van der Waals surface area (Å²) in [6.45, 7) is 0.356. The highest BCUT2D eigenvalue weighted by Crippen LogP contribution is 2.68. The number of amides is 2. The number of carboxylic acid groups (broad SMARTS) is 1. The van der Waals surface area contributed by atoms with Crippen LogP contribution in [-0.4, -0.2) is 44.6 Å². The molecular formula is C31H30N2O6S2. The number of ether oxygens (including phenoxy) is 1. The molecule has 4 aliphatic rings. The van der Waals surface area contributed by atoms with Gasteiger partial charge in [0.25, 0.3) is 0 Å². The van der Waals surface area contributed by atoms with E-state index in [0.717, 1.165) is 33.4 Å². The Morgan fingerprint density at radius 3 is 2.49 bits per heavy atom. The molecule has 1 aromatic heterocycles. The van der Waals surface area contributed by atoms with Gasteiger partial charge in [0.2, 0.25) is 11.8 Å². The van der Waals surface area contributed by atoms with Gasteiger partial charge in [0, 0.05) is 29.0 Å². The lowest BCUT2D eigenvalue weighted by molar-refractivity contribution is -0.141. The summed E-state index contributed by atoms with van der Waals surface area (Å²) in [4.78, 5) is 56.1. The van der Waals surface area contributed by atoms with Gasteiger partial charge in [-0.25, -0.2) is 0 Å². The lowest BCUT2D eigenvalue weighted by atomic mass is 9.68. The Hall–Kier alpha value is -3.37. The smallest absolute Gasteiger partial charge is 0.305 e. The molecule has 0 spiro atoms. The minimum Gasteiger partial charge on any atom is -0.481 e. The van der Waals surface area contributed by atoms with Crippen molar-refractivity contribution in [3.05, 3.63) is 74.7 Å². The molecule has 3 aromatic rings. The molecule has 2 N–H and O–H groups in total. The van der Waals surface area contributed by atoms with Gasteiger partial charge in [0.15, 0.2) is 0 Å². The summed E-state index contributed by atoms with van der Waals surface area (Å²) >= 11 is 2.93. The number of H-pyrrole nitrogens is 1. The number of likely N-dealkylation sites (tertiary alicyclic amines) is 1. The van der Waals surface area contributed by atoms with Crippen LogP contribution in [-0.2, 0) is 14.4 Å². The molecule has 2 aromatic carbocycles. The number of nitrogens with zero attached hydrogens (tertiary/aromatic N) is 1. The van der Waals surface area contributed by atoms with E-state index in [9.17, 15) is 19.2 Å². The van der Waals surface area contributed by atoms with Gasteiger partial charge in [-0.05, 0) is 66.8 Å². The highest BCUT2D eigenvalue weighted by molar-refractivity contribution is 8.00. The zero-order valence-electron chi connectivity index (χ0n) is 22.2. The van der Waals surface area contributed by atoms with E-state index in [2.05, 4.69) is 11.1 Å². The van der Waals surface area contributed by atoms with Crippen molar-refractivity contribution < 1.29 is 24.2 Å². The van der Waals surface area contributed by atoms with Gasteiger partial charge in [-0.15, -0.1) is 11.8 Å². The van der Waals surface area contributed by atoms with Gasteiger partial charge in [-0.3, -0.25) is 24.1 Å². The average molecular weight is 591 g/mol. The van der Waals surface area contributed by atoms with E-state index in [-0.39, 0.29) is 63.9 Å². The molecule has 8 nitrogen and oxygen atoms in total. The number of thiazole rings is 1. The van der Waals surface area contributed by atoms with E-state index in [1.165, 1.54) is 16.2 Å². The number of hydrogen-bond donors (Lipinski definition) is 2. The first kappa shape index (κ1) is 26.5. The molecule has 3 fully saturated rings. The van der Waals surface area contributed by atoms with E-state index in [4.69, 9.17) is 9.84 Å². The molecule has 1 saturated heterocycles. The lowest BCUT2D eigenvalue weighted by Crippen LogP contribution is -2.42. The van der Waals surface area contributed by atoms with Crippen LogP contribution in [0.5, 0.6) is 11.5 Å². The fourth-order valence-electron chi connectivity index (χ4n) is 7.79. The van der Waals surface area contributed by atoms with Crippen molar-refractivity contribution in [1.82, 2.24) is 9.88 Å². The molecule has 2 amide bonds. The van der Waals surface area contributed by atoms with E-state index >= 15 is 0 Å². The zero-order valence-corrected chi connectivity index (χ0v) is 23.9. The number of fused-ring (bicyclic) bond motifs is 9. The number of aromatic nitrogens is 1. The molecular weight excluding hydrogens is 560 g/mol. The number of nitrogens with one attached hydrogen (secondary N) is 1. The van der Waals surface area contributed by atoms with Crippen LogP contribution < -0.4 is 9.61 Å². The summed E-state index contributed by atoms with van der Waals surface area (Å²) in [5.74, 6) is 0.0776. The van der Waals surface area contributed by atoms with Crippen molar-refractivity contribution in [3.63, 3.8) is 0 Å². The minimum absolute atomic E-state index is 0.0602. The predicted molar refractivity (Wildman–Crippen MR) is 154 cm³/mol. The number of unbranched alkanes of at least 4 members (excludes halogenated alkanes) is 2. The van der Waals surface area contributed by atoms with Crippen LogP contribution in [0.15, 0.2) is 64.4 Å². The topological polar surface area (TPSA) is 117 Å². The molecule has 2 aliphatic heterocycles. The second kappa shape index (κ2) is 10.5. The maximum Gasteiger partial charge on any atom is 0.305 e. The standard InChI is InChI=1S/C31H30N2O6S2/c34-21(35)12-5-2-6-13-33-29(36)24-19-15-20(25(24)30(33)37)26-23(19)22(27-28(40-26)32-31(38)41-27)16-8-7-11-18(14-16)39-17-9-3-1-4-10-17/h1,3-4,7-11,14,19-20,22-26H,2,5-6,12-13,15H2,(H,32,38)(H,34,35). The van der Waals surface area contributed by atoms with Crippen LogP contribution in [0.4, 0.5) is 0 Å². The summed E-state index contributed by atoms with van der Waals surface area (Å²) in [5, 5.41) is 9.91. The monoisotopic (exact) mass is 590 g/mol. The number of para-hydroxylation sites is 1. The van der Waals surface area contributed by atoms with Crippen LogP contribution >= 0.6 is 23.1 Å². The molecule has 0 radical (unpaired) electrons. The molecule has 2 aliphatic carbocycles. The Morgan fingerprint density at radius 1 is 0.951 bits per heavy atom. The number of thioether (sulfide) groups is 1. The van der Waals surface area contributed by atoms with Gasteiger partial charge in [-0.2, -0.15) is 0 Å². The molecule has 2 bridgehead atoms. The second-order valence-electron chi connectivity index (χ2n) is 11.5. The fourth-order valence-corrected chi connectivity index (χ4v) is 10.7. The Morgan fingerprint density at radius 2 is 1.71 bits per heavy atom. The van der Waals surface area contributed by atoms with Crippen molar-refractivity contribution in [1.29, 1.82) is 0 Å². The molecule has 7 unspecified atom stereocenters. The normalized spacial score (nSPS) is 29.4. The van der Waals surface area contributed by atoms with Gasteiger partial charge in [0.05, 0.1) is 16.9 Å². The Balaban J connectivity index is 1.18. The van der Waals surface area contributed by atoms with E-state index < -0.39 is 5.97 Å². The Kier molecular flexibility index (Phi) is 6.78. The average Bonchev–Trinajstić information content (AvgIpc) is 3.69. The third-order valence-electron chi connectivity index (χ3n) is 9.28. The summed E-state index contributed by atoms with van der Waals surface area (Å²) in [6, 6.07) is 17.6.